The molecular weight excluding hydrogens is 318 g/mol. The summed E-state index contributed by atoms with van der Waals surface area (Å²) in [6.45, 7) is 0.874. The summed E-state index contributed by atoms with van der Waals surface area (Å²) in [6.07, 6.45) is 5.24. The Hall–Kier alpha value is -2.56. The van der Waals surface area contributed by atoms with Gasteiger partial charge in [0, 0.05) is 19.0 Å². The van der Waals surface area contributed by atoms with Crippen molar-refractivity contribution in [2.75, 3.05) is 6.54 Å². The molecule has 2 aromatic rings. The van der Waals surface area contributed by atoms with E-state index in [0.717, 1.165) is 31.2 Å². The molecule has 132 valence electrons. The fraction of sp³-hybridized carbons (Fsp3) is 0.400. The van der Waals surface area contributed by atoms with Gasteiger partial charge in [0.05, 0.1) is 6.26 Å². The lowest BCUT2D eigenvalue weighted by molar-refractivity contribution is 0.0732. The third-order valence-electron chi connectivity index (χ3n) is 4.53. The number of hydrogen-bond acceptors (Lipinski definition) is 4. The molecule has 1 aromatic carbocycles. The van der Waals surface area contributed by atoms with Gasteiger partial charge < -0.3 is 14.1 Å². The normalized spacial score (nSPS) is 17.8. The maximum absolute atomic E-state index is 12.6. The van der Waals surface area contributed by atoms with Gasteiger partial charge in [-0.3, -0.25) is 4.79 Å². The number of Topliss-reactive ketones (excluding diaryl/α,β-unsaturated/α-hetero) is 1. The van der Waals surface area contributed by atoms with Gasteiger partial charge in [-0.2, -0.15) is 0 Å². The highest BCUT2D eigenvalue weighted by Gasteiger charge is 2.29. The molecule has 0 spiro atoms. The molecule has 5 heteroatoms. The number of amides is 1. The molecule has 1 aromatic heterocycles. The highest BCUT2D eigenvalue weighted by molar-refractivity contribution is 5.94. The topological polar surface area (TPSA) is 59.8 Å². The summed E-state index contributed by atoms with van der Waals surface area (Å²) < 4.78 is 10.7. The first kappa shape index (κ1) is 17.3. The molecule has 0 radical (unpaired) electrons. The molecule has 25 heavy (non-hydrogen) atoms. The molecule has 1 unspecified atom stereocenters. The predicted octanol–water partition coefficient (Wildman–Crippen LogP) is 4.43. The highest BCUT2D eigenvalue weighted by Crippen LogP contribution is 2.22. The third-order valence-corrected chi connectivity index (χ3v) is 4.53. The summed E-state index contributed by atoms with van der Waals surface area (Å²) in [5.41, 5.74) is 0.953. The molecular formula is C20H23NO4. The molecule has 2 heterocycles. The van der Waals surface area contributed by atoms with Crippen molar-refractivity contribution in [2.45, 2.75) is 44.8 Å². The minimum Gasteiger partial charge on any atom is -0.461 e. The highest BCUT2D eigenvalue weighted by atomic mass is 16.6. The van der Waals surface area contributed by atoms with Gasteiger partial charge >= 0.3 is 6.09 Å². The molecule has 0 aliphatic carbocycles. The Morgan fingerprint density at radius 2 is 1.92 bits per heavy atom. The van der Waals surface area contributed by atoms with Crippen LogP contribution in [-0.2, 0) is 11.3 Å². The SMILES string of the molecule is O=C(CC1CCCCCN1C(=O)OCc1ccccc1)c1ccco1. The number of carbonyl (C=O) groups is 2. The fourth-order valence-corrected chi connectivity index (χ4v) is 3.18. The fourth-order valence-electron chi connectivity index (χ4n) is 3.18. The molecule has 1 fully saturated rings. The molecule has 0 bridgehead atoms. The largest absolute Gasteiger partial charge is 0.461 e. The minimum absolute atomic E-state index is 0.0715. The molecule has 1 aliphatic heterocycles. The van der Waals surface area contributed by atoms with Gasteiger partial charge in [-0.25, -0.2) is 4.79 Å². The van der Waals surface area contributed by atoms with E-state index in [1.165, 1.54) is 6.26 Å². The number of hydrogen-bond donors (Lipinski definition) is 0. The minimum atomic E-state index is -0.344. The molecule has 0 N–H and O–H groups in total. The standard InChI is InChI=1S/C20H23NO4/c22-18(19-11-7-13-24-19)14-17-10-5-2-6-12-21(17)20(23)25-15-16-8-3-1-4-9-16/h1,3-4,7-9,11,13,17H,2,5-6,10,12,14-15H2. The summed E-state index contributed by atoms with van der Waals surface area (Å²) in [6, 6.07) is 12.8. The molecule has 1 saturated heterocycles. The van der Waals surface area contributed by atoms with Gasteiger partial charge in [0.2, 0.25) is 0 Å². The Labute approximate surface area is 147 Å². The Bertz CT molecular complexity index is 681. The number of nitrogens with zero attached hydrogens (tertiary/aromatic N) is 1. The lowest BCUT2D eigenvalue weighted by Gasteiger charge is -2.28. The van der Waals surface area contributed by atoms with Crippen molar-refractivity contribution in [2.24, 2.45) is 0 Å². The number of ether oxygens (including phenoxy) is 1. The van der Waals surface area contributed by atoms with Crippen LogP contribution in [0.5, 0.6) is 0 Å². The van der Waals surface area contributed by atoms with Crippen molar-refractivity contribution in [3.05, 3.63) is 60.1 Å². The molecule has 1 atom stereocenters. The maximum atomic E-state index is 12.6. The first-order valence-electron chi connectivity index (χ1n) is 8.78. The monoisotopic (exact) mass is 341 g/mol. The van der Waals surface area contributed by atoms with E-state index in [1.54, 1.807) is 17.0 Å². The second kappa shape index (κ2) is 8.51. The van der Waals surface area contributed by atoms with E-state index in [4.69, 9.17) is 9.15 Å². The van der Waals surface area contributed by atoms with Crippen LogP contribution in [-0.4, -0.2) is 29.4 Å². The summed E-state index contributed by atoms with van der Waals surface area (Å²) in [7, 11) is 0. The Kier molecular flexibility index (Phi) is 5.88. The van der Waals surface area contributed by atoms with E-state index in [9.17, 15) is 9.59 Å². The smallest absolute Gasteiger partial charge is 0.410 e. The molecule has 1 aliphatic rings. The van der Waals surface area contributed by atoms with Crippen molar-refractivity contribution >= 4 is 11.9 Å². The van der Waals surface area contributed by atoms with Crippen LogP contribution >= 0.6 is 0 Å². The average Bonchev–Trinajstić information content (AvgIpc) is 3.08. The van der Waals surface area contributed by atoms with E-state index < -0.39 is 0 Å². The summed E-state index contributed by atoms with van der Waals surface area (Å²) >= 11 is 0. The van der Waals surface area contributed by atoms with Crippen molar-refractivity contribution in [1.82, 2.24) is 4.90 Å². The van der Waals surface area contributed by atoms with Crippen molar-refractivity contribution < 1.29 is 18.7 Å². The molecule has 5 nitrogen and oxygen atoms in total. The van der Waals surface area contributed by atoms with Gasteiger partial charge in [0.15, 0.2) is 11.5 Å². The molecule has 3 rings (SSSR count). The van der Waals surface area contributed by atoms with E-state index in [1.807, 2.05) is 30.3 Å². The van der Waals surface area contributed by atoms with Crippen LogP contribution in [0.1, 0.15) is 48.2 Å². The van der Waals surface area contributed by atoms with Crippen LogP contribution in [0.15, 0.2) is 53.1 Å². The van der Waals surface area contributed by atoms with Crippen molar-refractivity contribution in [1.29, 1.82) is 0 Å². The average molecular weight is 341 g/mol. The predicted molar refractivity (Wildman–Crippen MR) is 93.2 cm³/mol. The number of carbonyl (C=O) groups excluding carboxylic acids is 2. The van der Waals surface area contributed by atoms with Crippen LogP contribution in [0.3, 0.4) is 0 Å². The van der Waals surface area contributed by atoms with Crippen molar-refractivity contribution in [3.8, 4) is 0 Å². The van der Waals surface area contributed by atoms with E-state index >= 15 is 0 Å². The second-order valence-electron chi connectivity index (χ2n) is 6.34. The lowest BCUT2D eigenvalue weighted by Crippen LogP contribution is -2.41. The van der Waals surface area contributed by atoms with Gasteiger partial charge in [-0.05, 0) is 30.5 Å². The Morgan fingerprint density at radius 1 is 1.08 bits per heavy atom. The van der Waals surface area contributed by atoms with E-state index in [0.29, 0.717) is 12.3 Å². The number of furan rings is 1. The first-order valence-corrected chi connectivity index (χ1v) is 8.78. The van der Waals surface area contributed by atoms with Gasteiger partial charge in [-0.15, -0.1) is 0 Å². The van der Waals surface area contributed by atoms with Gasteiger partial charge in [-0.1, -0.05) is 43.2 Å². The van der Waals surface area contributed by atoms with E-state index in [-0.39, 0.29) is 30.9 Å². The zero-order chi connectivity index (χ0) is 17.5. The summed E-state index contributed by atoms with van der Waals surface area (Å²) in [5.74, 6) is 0.277. The maximum Gasteiger partial charge on any atom is 0.410 e. The van der Waals surface area contributed by atoms with Crippen LogP contribution in [0, 0.1) is 0 Å². The van der Waals surface area contributed by atoms with Crippen LogP contribution < -0.4 is 0 Å². The quantitative estimate of drug-likeness (QED) is 0.755. The Balaban J connectivity index is 1.63. The zero-order valence-corrected chi connectivity index (χ0v) is 14.2. The van der Waals surface area contributed by atoms with Gasteiger partial charge in [0.1, 0.15) is 6.61 Å². The van der Waals surface area contributed by atoms with Crippen LogP contribution in [0.2, 0.25) is 0 Å². The van der Waals surface area contributed by atoms with Crippen molar-refractivity contribution in [3.63, 3.8) is 0 Å². The number of rotatable bonds is 5. The summed E-state index contributed by atoms with van der Waals surface area (Å²) in [4.78, 5) is 26.7. The third kappa shape index (κ3) is 4.72. The van der Waals surface area contributed by atoms with Gasteiger partial charge in [0.25, 0.3) is 0 Å². The second-order valence-corrected chi connectivity index (χ2v) is 6.34. The first-order chi connectivity index (χ1) is 12.2. The lowest BCUT2D eigenvalue weighted by atomic mass is 10.0. The van der Waals surface area contributed by atoms with Crippen LogP contribution in [0.4, 0.5) is 4.79 Å². The van der Waals surface area contributed by atoms with Crippen LogP contribution in [0.25, 0.3) is 0 Å². The summed E-state index contributed by atoms with van der Waals surface area (Å²) in [5, 5.41) is 0. The number of ketones is 1. The Morgan fingerprint density at radius 3 is 2.68 bits per heavy atom. The van der Waals surface area contributed by atoms with E-state index in [2.05, 4.69) is 0 Å². The molecule has 0 saturated carbocycles. The zero-order valence-electron chi connectivity index (χ0n) is 14.2. The number of likely N-dealkylation sites (tertiary alicyclic amines) is 1. The number of benzene rings is 1. The molecule has 1 amide bonds.